The van der Waals surface area contributed by atoms with Gasteiger partial charge in [0.15, 0.2) is 0 Å². The van der Waals surface area contributed by atoms with Gasteiger partial charge in [-0.25, -0.2) is 4.39 Å². The molecule has 2 aliphatic heterocycles. The van der Waals surface area contributed by atoms with Crippen LogP contribution in [0.15, 0.2) is 24.3 Å². The number of amides is 1. The van der Waals surface area contributed by atoms with Crippen molar-refractivity contribution in [3.63, 3.8) is 0 Å². The third-order valence-electron chi connectivity index (χ3n) is 6.84. The van der Waals surface area contributed by atoms with Crippen LogP contribution in [0.4, 0.5) is 4.39 Å². The Bertz CT molecular complexity index is 667. The second-order valence-electron chi connectivity index (χ2n) is 8.87. The van der Waals surface area contributed by atoms with E-state index in [0.717, 1.165) is 31.7 Å². The van der Waals surface area contributed by atoms with Crippen molar-refractivity contribution < 1.29 is 9.18 Å². The van der Waals surface area contributed by atoms with Crippen molar-refractivity contribution in [2.24, 2.45) is 17.8 Å². The molecule has 1 N–H and O–H groups in total. The van der Waals surface area contributed by atoms with Gasteiger partial charge in [0.2, 0.25) is 5.91 Å². The highest BCUT2D eigenvalue weighted by Crippen LogP contribution is 2.43. The summed E-state index contributed by atoms with van der Waals surface area (Å²) in [5, 5.41) is 3.16. The summed E-state index contributed by atoms with van der Waals surface area (Å²) >= 11 is 0. The van der Waals surface area contributed by atoms with Gasteiger partial charge in [0, 0.05) is 32.2 Å². The molecule has 2 heterocycles. The average Bonchev–Trinajstić information content (AvgIpc) is 3.16. The van der Waals surface area contributed by atoms with E-state index in [-0.39, 0.29) is 30.2 Å². The number of hydrogen-bond donors (Lipinski definition) is 1. The van der Waals surface area contributed by atoms with Crippen molar-refractivity contribution >= 4 is 18.3 Å². The molecule has 1 aromatic rings. The molecule has 3 aliphatic rings. The topological polar surface area (TPSA) is 35.6 Å². The highest BCUT2D eigenvalue weighted by Gasteiger charge is 2.46. The molecule has 1 amide bonds. The molecule has 0 spiro atoms. The van der Waals surface area contributed by atoms with Gasteiger partial charge in [0.25, 0.3) is 0 Å². The van der Waals surface area contributed by atoms with Crippen molar-refractivity contribution in [1.82, 2.24) is 15.1 Å². The molecule has 0 aromatic heterocycles. The third kappa shape index (κ3) is 4.87. The number of hydrogen-bond acceptors (Lipinski definition) is 3. The maximum atomic E-state index is 13.7. The molecule has 1 aliphatic carbocycles. The van der Waals surface area contributed by atoms with E-state index in [9.17, 15) is 9.18 Å². The summed E-state index contributed by atoms with van der Waals surface area (Å²) in [6.07, 6.45) is 6.49. The van der Waals surface area contributed by atoms with E-state index in [0.29, 0.717) is 24.3 Å². The molecule has 1 saturated carbocycles. The van der Waals surface area contributed by atoms with Crippen LogP contribution in [0.1, 0.15) is 43.7 Å². The minimum absolute atomic E-state index is 0. The molecule has 2 saturated heterocycles. The van der Waals surface area contributed by atoms with E-state index in [1.807, 2.05) is 6.07 Å². The summed E-state index contributed by atoms with van der Waals surface area (Å²) in [5.74, 6) is 1.71. The lowest BCUT2D eigenvalue weighted by molar-refractivity contribution is -0.122. The maximum Gasteiger partial charge on any atom is 0.234 e. The van der Waals surface area contributed by atoms with Crippen LogP contribution in [-0.4, -0.2) is 55.5 Å². The van der Waals surface area contributed by atoms with Gasteiger partial charge in [-0.3, -0.25) is 14.6 Å². The lowest BCUT2D eigenvalue weighted by Gasteiger charge is -2.27. The van der Waals surface area contributed by atoms with E-state index in [2.05, 4.69) is 22.2 Å². The van der Waals surface area contributed by atoms with Crippen molar-refractivity contribution in [1.29, 1.82) is 0 Å². The van der Waals surface area contributed by atoms with Gasteiger partial charge in [-0.15, -0.1) is 12.4 Å². The highest BCUT2D eigenvalue weighted by atomic mass is 35.5. The predicted molar refractivity (Wildman–Crippen MR) is 112 cm³/mol. The van der Waals surface area contributed by atoms with Crippen LogP contribution >= 0.6 is 12.4 Å². The predicted octanol–water partition coefficient (Wildman–Crippen LogP) is 3.48. The molecule has 6 heteroatoms. The van der Waals surface area contributed by atoms with Gasteiger partial charge in [0.1, 0.15) is 5.82 Å². The number of nitrogens with zero attached hydrogens (tertiary/aromatic N) is 2. The summed E-state index contributed by atoms with van der Waals surface area (Å²) in [4.78, 5) is 17.1. The van der Waals surface area contributed by atoms with Crippen LogP contribution in [0.2, 0.25) is 0 Å². The van der Waals surface area contributed by atoms with E-state index in [1.165, 1.54) is 38.2 Å². The van der Waals surface area contributed by atoms with Crippen LogP contribution in [0.5, 0.6) is 0 Å². The van der Waals surface area contributed by atoms with E-state index < -0.39 is 0 Å². The van der Waals surface area contributed by atoms with Crippen molar-refractivity contribution in [3.05, 3.63) is 35.6 Å². The molecule has 3 fully saturated rings. The normalized spacial score (nSPS) is 28.7. The zero-order valence-electron chi connectivity index (χ0n) is 16.8. The number of nitrogens with one attached hydrogen (secondary N) is 1. The largest absolute Gasteiger partial charge is 0.355 e. The zero-order valence-corrected chi connectivity index (χ0v) is 17.6. The third-order valence-corrected chi connectivity index (χ3v) is 6.84. The summed E-state index contributed by atoms with van der Waals surface area (Å²) in [6.45, 7) is 4.25. The summed E-state index contributed by atoms with van der Waals surface area (Å²) in [5.41, 5.74) is 1.06. The Morgan fingerprint density at radius 3 is 2.71 bits per heavy atom. The van der Waals surface area contributed by atoms with E-state index in [1.54, 1.807) is 12.1 Å². The van der Waals surface area contributed by atoms with Gasteiger partial charge in [-0.05, 0) is 55.3 Å². The minimum Gasteiger partial charge on any atom is -0.355 e. The first-order valence-electron chi connectivity index (χ1n) is 10.5. The maximum absolute atomic E-state index is 13.7. The Morgan fingerprint density at radius 1 is 1.18 bits per heavy atom. The molecule has 0 unspecified atom stereocenters. The average molecular weight is 410 g/mol. The number of likely N-dealkylation sites (tertiary alicyclic amines) is 2. The molecule has 1 aromatic carbocycles. The quantitative estimate of drug-likeness (QED) is 0.808. The first-order valence-corrected chi connectivity index (χ1v) is 10.5. The molecule has 4 nitrogen and oxygen atoms in total. The van der Waals surface area contributed by atoms with Gasteiger partial charge in [0.05, 0.1) is 6.54 Å². The van der Waals surface area contributed by atoms with Crippen molar-refractivity contribution in [3.8, 4) is 0 Å². The Labute approximate surface area is 174 Å². The second-order valence-corrected chi connectivity index (χ2v) is 8.87. The molecule has 156 valence electrons. The smallest absolute Gasteiger partial charge is 0.234 e. The minimum atomic E-state index is -0.165. The fourth-order valence-electron chi connectivity index (χ4n) is 5.58. The van der Waals surface area contributed by atoms with Crippen molar-refractivity contribution in [2.45, 2.75) is 38.1 Å². The summed E-state index contributed by atoms with van der Waals surface area (Å²) in [7, 11) is 2.13. The van der Waals surface area contributed by atoms with Crippen LogP contribution in [0, 0.1) is 23.6 Å². The molecular formula is C22H33ClFN3O. The molecule has 0 radical (unpaired) electrons. The number of carbonyl (C=O) groups excluding carboxylic acids is 1. The Morgan fingerprint density at radius 2 is 1.96 bits per heavy atom. The molecule has 4 rings (SSSR count). The van der Waals surface area contributed by atoms with E-state index >= 15 is 0 Å². The van der Waals surface area contributed by atoms with E-state index in [4.69, 9.17) is 0 Å². The second kappa shape index (κ2) is 9.55. The Kier molecular flexibility index (Phi) is 7.35. The summed E-state index contributed by atoms with van der Waals surface area (Å²) < 4.78 is 13.7. The lowest BCUT2D eigenvalue weighted by Crippen LogP contribution is -2.39. The molecule has 0 bridgehead atoms. The molecule has 28 heavy (non-hydrogen) atoms. The number of carbonyl (C=O) groups is 1. The Hall–Kier alpha value is -1.17. The highest BCUT2D eigenvalue weighted by molar-refractivity contribution is 5.85. The van der Waals surface area contributed by atoms with Crippen LogP contribution < -0.4 is 5.32 Å². The van der Waals surface area contributed by atoms with Gasteiger partial charge in [-0.2, -0.15) is 0 Å². The fraction of sp³-hybridized carbons (Fsp3) is 0.682. The summed E-state index contributed by atoms with van der Waals surface area (Å²) in [6, 6.07) is 7.26. The monoisotopic (exact) mass is 409 g/mol. The SMILES string of the molecule is CN1C[C@H]2CN(CC(=O)NCC3CCCCC3)C[C@H]2[C@@H]1c1cccc(F)c1.Cl. The van der Waals surface area contributed by atoms with Gasteiger partial charge >= 0.3 is 0 Å². The van der Waals surface area contributed by atoms with Crippen LogP contribution in [-0.2, 0) is 4.79 Å². The molecular weight excluding hydrogens is 377 g/mol. The number of fused-ring (bicyclic) bond motifs is 1. The van der Waals surface area contributed by atoms with Crippen molar-refractivity contribution in [2.75, 3.05) is 39.8 Å². The van der Waals surface area contributed by atoms with Gasteiger partial charge < -0.3 is 5.32 Å². The Balaban J connectivity index is 0.00000225. The fourth-order valence-corrected chi connectivity index (χ4v) is 5.58. The number of rotatable bonds is 5. The lowest BCUT2D eigenvalue weighted by atomic mass is 9.89. The van der Waals surface area contributed by atoms with Gasteiger partial charge in [-0.1, -0.05) is 31.4 Å². The standard InChI is InChI=1S/C22H32FN3O.ClH/c1-25-12-18-13-26(15-21(27)24-11-16-6-3-2-4-7-16)14-20(18)22(25)17-8-5-9-19(23)10-17;/h5,8-10,16,18,20,22H,2-4,6-7,11-15H2,1H3,(H,24,27);1H/t18-,20+,22-;/m0./s1. The first-order chi connectivity index (χ1) is 13.1. The number of halogens is 2. The van der Waals surface area contributed by atoms with Crippen LogP contribution in [0.25, 0.3) is 0 Å². The first kappa shape index (κ1) is 21.5. The number of benzene rings is 1. The molecule has 3 atom stereocenters. The zero-order chi connectivity index (χ0) is 18.8. The van der Waals surface area contributed by atoms with Crippen LogP contribution in [0.3, 0.4) is 0 Å².